The van der Waals surface area contributed by atoms with Crippen molar-refractivity contribution in [2.75, 3.05) is 0 Å². The van der Waals surface area contributed by atoms with Gasteiger partial charge in [-0.05, 0) is 31.6 Å². The molecule has 2 saturated carbocycles. The molecule has 0 aromatic heterocycles. The van der Waals surface area contributed by atoms with E-state index in [-0.39, 0.29) is 11.9 Å². The zero-order valence-corrected chi connectivity index (χ0v) is 10.9. The molecule has 0 unspecified atom stereocenters. The van der Waals surface area contributed by atoms with Crippen molar-refractivity contribution in [1.29, 1.82) is 0 Å². The summed E-state index contributed by atoms with van der Waals surface area (Å²) >= 11 is 0. The molecule has 0 heterocycles. The highest BCUT2D eigenvalue weighted by Crippen LogP contribution is 2.30. The van der Waals surface area contributed by atoms with Crippen LogP contribution < -0.4 is 5.32 Å². The summed E-state index contributed by atoms with van der Waals surface area (Å²) in [5, 5.41) is 12.2. The molecular formula is C14H23NO3. The molecule has 2 aliphatic rings. The van der Waals surface area contributed by atoms with Crippen molar-refractivity contribution in [3.05, 3.63) is 0 Å². The van der Waals surface area contributed by atoms with Crippen LogP contribution in [0.25, 0.3) is 0 Å². The molecule has 102 valence electrons. The summed E-state index contributed by atoms with van der Waals surface area (Å²) in [6, 6.07) is -0.155. The highest BCUT2D eigenvalue weighted by atomic mass is 16.4. The van der Waals surface area contributed by atoms with Crippen LogP contribution in [0.1, 0.15) is 57.8 Å². The van der Waals surface area contributed by atoms with Crippen LogP contribution in [0.5, 0.6) is 0 Å². The van der Waals surface area contributed by atoms with Gasteiger partial charge in [0, 0.05) is 12.5 Å². The monoisotopic (exact) mass is 253 g/mol. The number of aliphatic carboxylic acids is 1. The molecule has 2 N–H and O–H groups in total. The van der Waals surface area contributed by atoms with Crippen molar-refractivity contribution in [3.8, 4) is 0 Å². The Morgan fingerprint density at radius 1 is 1.00 bits per heavy atom. The summed E-state index contributed by atoms with van der Waals surface area (Å²) in [6.45, 7) is 0. The van der Waals surface area contributed by atoms with Gasteiger partial charge in [-0.15, -0.1) is 0 Å². The van der Waals surface area contributed by atoms with E-state index >= 15 is 0 Å². The van der Waals surface area contributed by atoms with Gasteiger partial charge in [-0.25, -0.2) is 0 Å². The molecule has 0 radical (unpaired) electrons. The van der Waals surface area contributed by atoms with Crippen LogP contribution in [-0.4, -0.2) is 23.0 Å². The lowest BCUT2D eigenvalue weighted by atomic mass is 9.82. The molecule has 2 atom stereocenters. The first-order valence-electron chi connectivity index (χ1n) is 7.19. The fraction of sp³-hybridized carbons (Fsp3) is 0.857. The number of hydrogen-bond donors (Lipinski definition) is 2. The summed E-state index contributed by atoms with van der Waals surface area (Å²) in [7, 11) is 0. The Bertz CT molecular complexity index is 312. The molecule has 4 heteroatoms. The molecule has 0 aromatic rings. The van der Waals surface area contributed by atoms with E-state index in [1.54, 1.807) is 0 Å². The van der Waals surface area contributed by atoms with Crippen LogP contribution in [0.3, 0.4) is 0 Å². The van der Waals surface area contributed by atoms with Crippen molar-refractivity contribution in [1.82, 2.24) is 5.32 Å². The number of hydrogen-bond acceptors (Lipinski definition) is 2. The third-order valence-electron chi connectivity index (χ3n) is 4.38. The quantitative estimate of drug-likeness (QED) is 0.756. The zero-order chi connectivity index (χ0) is 13.0. The molecule has 0 spiro atoms. The number of amides is 1. The maximum atomic E-state index is 11.9. The van der Waals surface area contributed by atoms with Crippen molar-refractivity contribution in [3.63, 3.8) is 0 Å². The van der Waals surface area contributed by atoms with Gasteiger partial charge in [-0.3, -0.25) is 9.59 Å². The largest absolute Gasteiger partial charge is 0.481 e. The number of rotatable bonds is 4. The van der Waals surface area contributed by atoms with E-state index in [0.717, 1.165) is 38.5 Å². The van der Waals surface area contributed by atoms with Crippen LogP contribution >= 0.6 is 0 Å². The molecular weight excluding hydrogens is 230 g/mol. The fourth-order valence-corrected chi connectivity index (χ4v) is 3.00. The van der Waals surface area contributed by atoms with Crippen LogP contribution in [0.15, 0.2) is 0 Å². The zero-order valence-electron chi connectivity index (χ0n) is 10.9. The van der Waals surface area contributed by atoms with E-state index in [1.165, 1.54) is 6.42 Å². The van der Waals surface area contributed by atoms with E-state index in [4.69, 9.17) is 0 Å². The number of nitrogens with one attached hydrogen (secondary N) is 1. The van der Waals surface area contributed by atoms with E-state index < -0.39 is 11.9 Å². The third-order valence-corrected chi connectivity index (χ3v) is 4.38. The predicted molar refractivity (Wildman–Crippen MR) is 68.1 cm³/mol. The molecule has 18 heavy (non-hydrogen) atoms. The second-order valence-corrected chi connectivity index (χ2v) is 5.76. The second kappa shape index (κ2) is 6.21. The standard InChI is InChI=1S/C14H23NO3/c16-13(9-10-5-4-6-10)15-12-8-3-1-2-7-11(12)14(17)18/h10-12H,1-9H2,(H,15,16)(H,17,18)/t11-,12+/m1/s1. The first kappa shape index (κ1) is 13.4. The second-order valence-electron chi connectivity index (χ2n) is 5.76. The minimum absolute atomic E-state index is 0.0536. The smallest absolute Gasteiger partial charge is 0.308 e. The van der Waals surface area contributed by atoms with E-state index in [2.05, 4.69) is 5.32 Å². The van der Waals surface area contributed by atoms with Crippen molar-refractivity contribution >= 4 is 11.9 Å². The predicted octanol–water partition coefficient (Wildman–Crippen LogP) is 2.33. The molecule has 0 aliphatic heterocycles. The lowest BCUT2D eigenvalue weighted by Crippen LogP contribution is -2.43. The Morgan fingerprint density at radius 3 is 2.33 bits per heavy atom. The van der Waals surface area contributed by atoms with Gasteiger partial charge in [-0.2, -0.15) is 0 Å². The van der Waals surface area contributed by atoms with Gasteiger partial charge < -0.3 is 10.4 Å². The van der Waals surface area contributed by atoms with E-state index in [9.17, 15) is 14.7 Å². The topological polar surface area (TPSA) is 66.4 Å². The number of carbonyl (C=O) groups is 2. The summed E-state index contributed by atoms with van der Waals surface area (Å²) in [5.74, 6) is -0.555. The summed E-state index contributed by atoms with van der Waals surface area (Å²) < 4.78 is 0. The Morgan fingerprint density at radius 2 is 1.72 bits per heavy atom. The Balaban J connectivity index is 1.86. The summed E-state index contributed by atoms with van der Waals surface area (Å²) in [6.07, 6.45) is 8.71. The third kappa shape index (κ3) is 3.47. The van der Waals surface area contributed by atoms with Gasteiger partial charge >= 0.3 is 5.97 Å². The van der Waals surface area contributed by atoms with E-state index in [1.807, 2.05) is 0 Å². The molecule has 2 rings (SSSR count). The fourth-order valence-electron chi connectivity index (χ4n) is 3.00. The molecule has 0 aromatic carbocycles. The first-order valence-corrected chi connectivity index (χ1v) is 7.19. The number of carbonyl (C=O) groups excluding carboxylic acids is 1. The Labute approximate surface area is 108 Å². The van der Waals surface area contributed by atoms with Gasteiger partial charge in [0.2, 0.25) is 5.91 Å². The summed E-state index contributed by atoms with van der Waals surface area (Å²) in [5.41, 5.74) is 0. The Hall–Kier alpha value is -1.06. The average Bonchev–Trinajstić information content (AvgIpc) is 2.49. The first-order chi connectivity index (χ1) is 8.66. The lowest BCUT2D eigenvalue weighted by Gasteiger charge is -2.27. The van der Waals surface area contributed by atoms with Gasteiger partial charge in [0.05, 0.1) is 5.92 Å². The Kier molecular flexibility index (Phi) is 4.61. The molecule has 4 nitrogen and oxygen atoms in total. The van der Waals surface area contributed by atoms with Gasteiger partial charge in [0.15, 0.2) is 0 Å². The normalized spacial score (nSPS) is 29.1. The van der Waals surface area contributed by atoms with Gasteiger partial charge in [-0.1, -0.05) is 25.7 Å². The molecule has 0 saturated heterocycles. The highest BCUT2D eigenvalue weighted by Gasteiger charge is 2.31. The van der Waals surface area contributed by atoms with Crippen LogP contribution in [0.2, 0.25) is 0 Å². The maximum Gasteiger partial charge on any atom is 0.308 e. The van der Waals surface area contributed by atoms with Gasteiger partial charge in [0.1, 0.15) is 0 Å². The molecule has 2 fully saturated rings. The molecule has 1 amide bonds. The maximum absolute atomic E-state index is 11.9. The minimum atomic E-state index is -0.758. The van der Waals surface area contributed by atoms with Crippen molar-refractivity contribution in [2.45, 2.75) is 63.8 Å². The minimum Gasteiger partial charge on any atom is -0.481 e. The number of carboxylic acids is 1. The van der Waals surface area contributed by atoms with Gasteiger partial charge in [0.25, 0.3) is 0 Å². The van der Waals surface area contributed by atoms with Crippen LogP contribution in [0, 0.1) is 11.8 Å². The highest BCUT2D eigenvalue weighted by molar-refractivity contribution is 5.78. The summed E-state index contributed by atoms with van der Waals surface area (Å²) in [4.78, 5) is 23.1. The van der Waals surface area contributed by atoms with Crippen LogP contribution in [0.4, 0.5) is 0 Å². The molecule has 2 aliphatic carbocycles. The SMILES string of the molecule is O=C(CC1CCC1)N[C@H]1CCCCC[C@H]1C(=O)O. The van der Waals surface area contributed by atoms with Crippen LogP contribution in [-0.2, 0) is 9.59 Å². The number of carboxylic acid groups (broad SMARTS) is 1. The van der Waals surface area contributed by atoms with Crippen molar-refractivity contribution in [2.24, 2.45) is 11.8 Å². The van der Waals surface area contributed by atoms with Crippen molar-refractivity contribution < 1.29 is 14.7 Å². The van der Waals surface area contributed by atoms with E-state index in [0.29, 0.717) is 18.8 Å². The lowest BCUT2D eigenvalue weighted by molar-refractivity contribution is -0.143. The molecule has 0 bridgehead atoms. The average molecular weight is 253 g/mol.